The lowest BCUT2D eigenvalue weighted by Gasteiger charge is -2.34. The van der Waals surface area contributed by atoms with Gasteiger partial charge in [-0.2, -0.15) is 13.2 Å². The van der Waals surface area contributed by atoms with E-state index in [2.05, 4.69) is 5.32 Å². The van der Waals surface area contributed by atoms with E-state index in [-0.39, 0.29) is 18.7 Å². The van der Waals surface area contributed by atoms with Crippen molar-refractivity contribution >= 4 is 39.1 Å². The van der Waals surface area contributed by atoms with Crippen LogP contribution >= 0.6 is 11.6 Å². The lowest BCUT2D eigenvalue weighted by Crippen LogP contribution is -2.55. The molecule has 0 saturated heterocycles. The van der Waals surface area contributed by atoms with Crippen LogP contribution in [0.4, 0.5) is 18.9 Å². The number of benzene rings is 2. The number of hydrogen-bond donors (Lipinski definition) is 1. The number of sulfonamides is 1. The topological polar surface area (TPSA) is 86.8 Å². The molecule has 2 aromatic carbocycles. The molecule has 0 fully saturated rings. The normalized spacial score (nSPS) is 13.1. The Morgan fingerprint density at radius 2 is 1.65 bits per heavy atom. The molecule has 204 valence electrons. The lowest BCUT2D eigenvalue weighted by molar-refractivity contribution is -0.141. The van der Waals surface area contributed by atoms with Gasteiger partial charge in [-0.1, -0.05) is 48.9 Å². The van der Waals surface area contributed by atoms with Crippen LogP contribution in [0.5, 0.6) is 0 Å². The number of carbonyl (C=O) groups is 2. The van der Waals surface area contributed by atoms with E-state index < -0.39 is 56.7 Å². The summed E-state index contributed by atoms with van der Waals surface area (Å²) in [6.07, 6.45) is -3.83. The highest BCUT2D eigenvalue weighted by Gasteiger charge is 2.36. The number of carbonyl (C=O) groups excluding carboxylic acids is 2. The van der Waals surface area contributed by atoms with Crippen molar-refractivity contribution in [1.29, 1.82) is 0 Å². The Bertz CT molecular complexity index is 1220. The molecule has 1 N–H and O–H groups in total. The quantitative estimate of drug-likeness (QED) is 0.474. The zero-order valence-corrected chi connectivity index (χ0v) is 22.8. The molecule has 2 rings (SSSR count). The van der Waals surface area contributed by atoms with E-state index in [0.717, 1.165) is 18.4 Å². The predicted octanol–water partition coefficient (Wildman–Crippen LogP) is 4.85. The van der Waals surface area contributed by atoms with Crippen LogP contribution in [0.2, 0.25) is 5.02 Å². The molecule has 0 aliphatic carbocycles. The minimum atomic E-state index is -4.84. The van der Waals surface area contributed by atoms with Crippen molar-refractivity contribution in [2.75, 3.05) is 17.1 Å². The summed E-state index contributed by atoms with van der Waals surface area (Å²) in [5, 5.41) is 2.23. The molecule has 0 aliphatic heterocycles. The zero-order valence-electron chi connectivity index (χ0n) is 21.3. The summed E-state index contributed by atoms with van der Waals surface area (Å²) in [6, 6.07) is 10.4. The summed E-state index contributed by atoms with van der Waals surface area (Å²) in [5.41, 5.74) is -1.51. The fourth-order valence-electron chi connectivity index (χ4n) is 3.65. The number of anilines is 1. The molecular formula is C25H31ClF3N3O4S. The molecule has 0 unspecified atom stereocenters. The first-order valence-electron chi connectivity index (χ1n) is 11.4. The van der Waals surface area contributed by atoms with Crippen molar-refractivity contribution < 1.29 is 31.2 Å². The van der Waals surface area contributed by atoms with Crippen molar-refractivity contribution in [3.63, 3.8) is 0 Å². The average molecular weight is 562 g/mol. The first kappa shape index (κ1) is 30.4. The molecule has 0 saturated carbocycles. The third-order valence-electron chi connectivity index (χ3n) is 5.30. The van der Waals surface area contributed by atoms with Gasteiger partial charge in [0.1, 0.15) is 12.6 Å². The molecule has 0 spiro atoms. The van der Waals surface area contributed by atoms with Crippen LogP contribution in [0.3, 0.4) is 0 Å². The third kappa shape index (κ3) is 8.63. The lowest BCUT2D eigenvalue weighted by atomic mass is 10.1. The van der Waals surface area contributed by atoms with E-state index in [0.29, 0.717) is 15.9 Å². The minimum absolute atomic E-state index is 0.0121. The summed E-state index contributed by atoms with van der Waals surface area (Å²) in [5.74, 6) is -1.19. The predicted molar refractivity (Wildman–Crippen MR) is 138 cm³/mol. The van der Waals surface area contributed by atoms with Crippen molar-refractivity contribution in [3.8, 4) is 0 Å². The van der Waals surface area contributed by atoms with Gasteiger partial charge in [-0.15, -0.1) is 0 Å². The second kappa shape index (κ2) is 11.7. The standard InChI is InChI=1S/C25H31ClF3N3O4S/c1-6-21(23(34)30-24(2,3)4)31(15-17-10-8-7-9-11-17)22(33)16-32(37(5,35)36)18-12-13-20(26)19(14-18)25(27,28)29/h7-14,21H,6,15-16H2,1-5H3,(H,30,34)/t21-/m1/s1. The maximum absolute atomic E-state index is 13.6. The fourth-order valence-corrected chi connectivity index (χ4v) is 4.72. The monoisotopic (exact) mass is 561 g/mol. The molecule has 12 heteroatoms. The largest absolute Gasteiger partial charge is 0.417 e. The van der Waals surface area contributed by atoms with Crippen LogP contribution < -0.4 is 9.62 Å². The number of nitrogens with zero attached hydrogens (tertiary/aromatic N) is 2. The van der Waals surface area contributed by atoms with E-state index >= 15 is 0 Å². The summed E-state index contributed by atoms with van der Waals surface area (Å²) in [7, 11) is -4.20. The number of halogens is 4. The van der Waals surface area contributed by atoms with E-state index in [1.165, 1.54) is 4.90 Å². The smallest absolute Gasteiger partial charge is 0.350 e. The Morgan fingerprint density at radius 3 is 2.14 bits per heavy atom. The van der Waals surface area contributed by atoms with Crippen LogP contribution in [0, 0.1) is 0 Å². The maximum atomic E-state index is 13.6. The maximum Gasteiger partial charge on any atom is 0.417 e. The van der Waals surface area contributed by atoms with Crippen molar-refractivity contribution in [3.05, 3.63) is 64.7 Å². The van der Waals surface area contributed by atoms with Crippen LogP contribution in [-0.4, -0.2) is 49.5 Å². The van der Waals surface area contributed by atoms with Gasteiger partial charge in [-0.25, -0.2) is 8.42 Å². The minimum Gasteiger partial charge on any atom is -0.350 e. The van der Waals surface area contributed by atoms with E-state index in [1.807, 2.05) is 0 Å². The van der Waals surface area contributed by atoms with E-state index in [1.54, 1.807) is 58.0 Å². The molecule has 2 aromatic rings. The van der Waals surface area contributed by atoms with Crippen molar-refractivity contribution in [1.82, 2.24) is 10.2 Å². The molecule has 37 heavy (non-hydrogen) atoms. The van der Waals surface area contributed by atoms with Gasteiger partial charge >= 0.3 is 6.18 Å². The van der Waals surface area contributed by atoms with Gasteiger partial charge in [0.25, 0.3) is 0 Å². The van der Waals surface area contributed by atoms with Gasteiger partial charge in [0, 0.05) is 12.1 Å². The van der Waals surface area contributed by atoms with Gasteiger partial charge in [0.2, 0.25) is 21.8 Å². The number of amides is 2. The molecule has 1 atom stereocenters. The summed E-state index contributed by atoms with van der Waals surface area (Å²) in [4.78, 5) is 27.9. The van der Waals surface area contributed by atoms with Gasteiger partial charge in [-0.05, 0) is 51.0 Å². The van der Waals surface area contributed by atoms with Crippen LogP contribution in [-0.2, 0) is 32.3 Å². The van der Waals surface area contributed by atoms with Gasteiger partial charge in [0.15, 0.2) is 0 Å². The Labute approximate surface area is 220 Å². The fraction of sp³-hybridized carbons (Fsp3) is 0.440. The molecule has 0 radical (unpaired) electrons. The van der Waals surface area contributed by atoms with E-state index in [9.17, 15) is 31.2 Å². The number of alkyl halides is 3. The van der Waals surface area contributed by atoms with Crippen molar-refractivity contribution in [2.45, 2.75) is 58.4 Å². The van der Waals surface area contributed by atoms with Crippen LogP contribution in [0.15, 0.2) is 48.5 Å². The van der Waals surface area contributed by atoms with Gasteiger partial charge in [0.05, 0.1) is 22.5 Å². The summed E-state index contributed by atoms with van der Waals surface area (Å²) >= 11 is 5.69. The molecule has 0 heterocycles. The highest BCUT2D eigenvalue weighted by Crippen LogP contribution is 2.37. The Kier molecular flexibility index (Phi) is 9.64. The summed E-state index contributed by atoms with van der Waals surface area (Å²) < 4.78 is 66.1. The SMILES string of the molecule is CC[C@H](C(=O)NC(C)(C)C)N(Cc1ccccc1)C(=O)CN(c1ccc(Cl)c(C(F)(F)F)c1)S(C)(=O)=O. The molecule has 2 amide bonds. The Balaban J connectivity index is 2.52. The highest BCUT2D eigenvalue weighted by molar-refractivity contribution is 7.92. The highest BCUT2D eigenvalue weighted by atomic mass is 35.5. The Hall–Kier alpha value is -2.79. The molecule has 0 aliphatic rings. The number of nitrogens with one attached hydrogen (secondary N) is 1. The zero-order chi connectivity index (χ0) is 28.2. The molecular weight excluding hydrogens is 531 g/mol. The third-order valence-corrected chi connectivity index (χ3v) is 6.77. The van der Waals surface area contributed by atoms with Gasteiger partial charge in [-0.3, -0.25) is 13.9 Å². The Morgan fingerprint density at radius 1 is 1.05 bits per heavy atom. The van der Waals surface area contributed by atoms with E-state index in [4.69, 9.17) is 11.6 Å². The van der Waals surface area contributed by atoms with Gasteiger partial charge < -0.3 is 10.2 Å². The van der Waals surface area contributed by atoms with Crippen LogP contribution in [0.25, 0.3) is 0 Å². The molecule has 0 bridgehead atoms. The second-order valence-electron chi connectivity index (χ2n) is 9.60. The number of rotatable bonds is 9. The molecule has 0 aromatic heterocycles. The average Bonchev–Trinajstić information content (AvgIpc) is 2.75. The summed E-state index contributed by atoms with van der Waals surface area (Å²) in [6.45, 7) is 6.23. The van der Waals surface area contributed by atoms with Crippen molar-refractivity contribution in [2.24, 2.45) is 0 Å². The first-order valence-corrected chi connectivity index (χ1v) is 13.7. The second-order valence-corrected chi connectivity index (χ2v) is 11.9. The van der Waals surface area contributed by atoms with Crippen LogP contribution in [0.1, 0.15) is 45.2 Å². The first-order chi connectivity index (χ1) is 16.9. The molecule has 7 nitrogen and oxygen atoms in total. The number of hydrogen-bond acceptors (Lipinski definition) is 4.